The van der Waals surface area contributed by atoms with Gasteiger partial charge < -0.3 is 24.7 Å². The normalized spacial score (nSPS) is 15.8. The number of aliphatic carboxylic acids is 2. The predicted octanol–water partition coefficient (Wildman–Crippen LogP) is 2.37. The van der Waals surface area contributed by atoms with Gasteiger partial charge >= 0.3 is 17.6 Å². The van der Waals surface area contributed by atoms with Gasteiger partial charge in [0.05, 0.1) is 6.10 Å². The number of hydrogen-bond acceptors (Lipinski definition) is 6. The van der Waals surface area contributed by atoms with Crippen LogP contribution in [0.3, 0.4) is 0 Å². The standard InChI is InChI=1S/C19H19NO3.C2H2O4/c21-18-10-14(11-20-12-15-5-3-9-22-15)19-16-6-2-1-4-13(16)7-8-17(19)23-18;3-1(4)2(5)6/h1-2,4,6-8,10,15,20H,3,5,9,11-12H2;(H,3,4)(H,5,6). The van der Waals surface area contributed by atoms with E-state index in [1.54, 1.807) is 6.07 Å². The van der Waals surface area contributed by atoms with Gasteiger partial charge in [-0.3, -0.25) is 0 Å². The van der Waals surface area contributed by atoms with Crippen LogP contribution < -0.4 is 10.9 Å². The van der Waals surface area contributed by atoms with E-state index in [9.17, 15) is 4.79 Å². The van der Waals surface area contributed by atoms with Crippen LogP contribution >= 0.6 is 0 Å². The summed E-state index contributed by atoms with van der Waals surface area (Å²) < 4.78 is 11.0. The summed E-state index contributed by atoms with van der Waals surface area (Å²) in [5, 5.41) is 21.5. The molecule has 29 heavy (non-hydrogen) atoms. The van der Waals surface area contributed by atoms with E-state index in [4.69, 9.17) is 29.0 Å². The first-order valence-corrected chi connectivity index (χ1v) is 9.18. The molecule has 0 amide bonds. The van der Waals surface area contributed by atoms with E-state index < -0.39 is 11.9 Å². The van der Waals surface area contributed by atoms with Crippen LogP contribution in [0.2, 0.25) is 0 Å². The van der Waals surface area contributed by atoms with E-state index in [1.165, 1.54) is 0 Å². The van der Waals surface area contributed by atoms with E-state index in [-0.39, 0.29) is 11.7 Å². The lowest BCUT2D eigenvalue weighted by atomic mass is 10.0. The highest BCUT2D eigenvalue weighted by molar-refractivity contribution is 6.27. The Morgan fingerprint density at radius 1 is 1.10 bits per heavy atom. The van der Waals surface area contributed by atoms with Crippen LogP contribution in [0.1, 0.15) is 18.4 Å². The van der Waals surface area contributed by atoms with Crippen LogP contribution in [0, 0.1) is 0 Å². The van der Waals surface area contributed by atoms with E-state index >= 15 is 0 Å². The van der Waals surface area contributed by atoms with Gasteiger partial charge in [-0.25, -0.2) is 14.4 Å². The highest BCUT2D eigenvalue weighted by atomic mass is 16.5. The van der Waals surface area contributed by atoms with Crippen molar-refractivity contribution in [2.45, 2.75) is 25.5 Å². The van der Waals surface area contributed by atoms with Gasteiger partial charge in [0.25, 0.3) is 0 Å². The van der Waals surface area contributed by atoms with Gasteiger partial charge in [-0.15, -0.1) is 0 Å². The Bertz CT molecular complexity index is 1070. The topological polar surface area (TPSA) is 126 Å². The maximum absolute atomic E-state index is 11.8. The van der Waals surface area contributed by atoms with Crippen molar-refractivity contribution in [3.8, 4) is 0 Å². The molecule has 1 saturated heterocycles. The molecular formula is C21H21NO7. The van der Waals surface area contributed by atoms with Crippen molar-refractivity contribution >= 4 is 33.7 Å². The van der Waals surface area contributed by atoms with Gasteiger partial charge in [0.1, 0.15) is 5.58 Å². The third-order valence-electron chi connectivity index (χ3n) is 4.61. The number of fused-ring (bicyclic) bond motifs is 3. The third-order valence-corrected chi connectivity index (χ3v) is 4.61. The summed E-state index contributed by atoms with van der Waals surface area (Å²) in [7, 11) is 0. The number of carbonyl (C=O) groups is 2. The molecule has 1 aliphatic rings. The van der Waals surface area contributed by atoms with E-state index in [0.717, 1.165) is 47.7 Å². The molecule has 3 aromatic rings. The number of benzene rings is 2. The molecule has 8 heteroatoms. The van der Waals surface area contributed by atoms with Crippen LogP contribution in [-0.2, 0) is 20.9 Å². The minimum atomic E-state index is -1.82. The molecule has 0 spiro atoms. The number of ether oxygens (including phenoxy) is 1. The van der Waals surface area contributed by atoms with Crippen LogP contribution in [-0.4, -0.2) is 41.4 Å². The predicted molar refractivity (Wildman–Crippen MR) is 106 cm³/mol. The molecule has 0 saturated carbocycles. The van der Waals surface area contributed by atoms with Gasteiger partial charge in [0.2, 0.25) is 0 Å². The molecule has 1 aromatic heterocycles. The van der Waals surface area contributed by atoms with Crippen molar-refractivity contribution < 1.29 is 29.0 Å². The highest BCUT2D eigenvalue weighted by Gasteiger charge is 2.15. The van der Waals surface area contributed by atoms with Crippen molar-refractivity contribution in [1.82, 2.24) is 5.32 Å². The van der Waals surface area contributed by atoms with Gasteiger partial charge in [-0.1, -0.05) is 30.3 Å². The molecule has 1 fully saturated rings. The average molecular weight is 399 g/mol. The Morgan fingerprint density at radius 2 is 1.86 bits per heavy atom. The van der Waals surface area contributed by atoms with Crippen LogP contribution in [0.4, 0.5) is 0 Å². The quantitative estimate of drug-likeness (QED) is 0.347. The molecule has 1 aliphatic heterocycles. The number of hydrogen-bond donors (Lipinski definition) is 3. The Kier molecular flexibility index (Phi) is 6.58. The molecule has 0 radical (unpaired) electrons. The summed E-state index contributed by atoms with van der Waals surface area (Å²) in [5.74, 6) is -3.65. The molecule has 3 N–H and O–H groups in total. The van der Waals surface area contributed by atoms with E-state index in [1.807, 2.05) is 24.3 Å². The van der Waals surface area contributed by atoms with Crippen molar-refractivity contribution in [3.05, 3.63) is 58.4 Å². The lowest BCUT2D eigenvalue weighted by Gasteiger charge is -2.12. The Hall–Kier alpha value is -3.23. The number of rotatable bonds is 4. The van der Waals surface area contributed by atoms with Crippen LogP contribution in [0.5, 0.6) is 0 Å². The molecule has 0 aliphatic carbocycles. The molecule has 0 bridgehead atoms. The maximum atomic E-state index is 11.8. The first-order valence-electron chi connectivity index (χ1n) is 9.18. The zero-order chi connectivity index (χ0) is 20.8. The Labute approximate surface area is 165 Å². The molecule has 2 heterocycles. The van der Waals surface area contributed by atoms with Crippen molar-refractivity contribution in [2.24, 2.45) is 0 Å². The highest BCUT2D eigenvalue weighted by Crippen LogP contribution is 2.27. The SMILES string of the molecule is O=C(O)C(=O)O.O=c1cc(CNCC2CCCO2)c2c(ccc3ccccc32)o1. The smallest absolute Gasteiger partial charge is 0.414 e. The average Bonchev–Trinajstić information content (AvgIpc) is 3.21. The molecule has 8 nitrogen and oxygen atoms in total. The minimum absolute atomic E-state index is 0.290. The van der Waals surface area contributed by atoms with E-state index in [0.29, 0.717) is 12.1 Å². The number of carboxylic acids is 2. The first kappa shape index (κ1) is 20.5. The Morgan fingerprint density at radius 3 is 2.55 bits per heavy atom. The van der Waals surface area contributed by atoms with Crippen molar-refractivity contribution in [3.63, 3.8) is 0 Å². The molecular weight excluding hydrogens is 378 g/mol. The second-order valence-corrected chi connectivity index (χ2v) is 6.63. The summed E-state index contributed by atoms with van der Waals surface area (Å²) in [6, 6.07) is 13.6. The zero-order valence-electron chi connectivity index (χ0n) is 15.6. The monoisotopic (exact) mass is 399 g/mol. The molecule has 152 valence electrons. The summed E-state index contributed by atoms with van der Waals surface area (Å²) in [6.45, 7) is 2.30. The maximum Gasteiger partial charge on any atom is 0.414 e. The van der Waals surface area contributed by atoms with E-state index in [2.05, 4.69) is 17.4 Å². The summed E-state index contributed by atoms with van der Waals surface area (Å²) >= 11 is 0. The molecule has 4 rings (SSSR count). The Balaban J connectivity index is 0.000000353. The van der Waals surface area contributed by atoms with Gasteiger partial charge in [-0.2, -0.15) is 0 Å². The third kappa shape index (κ3) is 5.18. The molecule has 2 aromatic carbocycles. The van der Waals surface area contributed by atoms with Crippen molar-refractivity contribution in [2.75, 3.05) is 13.2 Å². The van der Waals surface area contributed by atoms with Crippen LogP contribution in [0.25, 0.3) is 21.7 Å². The largest absolute Gasteiger partial charge is 0.473 e. The second kappa shape index (κ2) is 9.31. The van der Waals surface area contributed by atoms with Gasteiger partial charge in [0.15, 0.2) is 0 Å². The van der Waals surface area contributed by atoms with Gasteiger partial charge in [-0.05, 0) is 35.2 Å². The van der Waals surface area contributed by atoms with Crippen LogP contribution in [0.15, 0.2) is 51.7 Å². The fraction of sp³-hybridized carbons (Fsp3) is 0.286. The lowest BCUT2D eigenvalue weighted by molar-refractivity contribution is -0.159. The fourth-order valence-corrected chi connectivity index (χ4v) is 3.33. The summed E-state index contributed by atoms with van der Waals surface area (Å²) in [5.41, 5.74) is 1.32. The number of carboxylic acid groups (broad SMARTS) is 2. The van der Waals surface area contributed by atoms with Crippen molar-refractivity contribution in [1.29, 1.82) is 0 Å². The summed E-state index contributed by atoms with van der Waals surface area (Å²) in [6.07, 6.45) is 2.53. The first-order chi connectivity index (χ1) is 14.0. The van der Waals surface area contributed by atoms with Gasteiger partial charge in [0, 0.05) is 31.1 Å². The summed E-state index contributed by atoms with van der Waals surface area (Å²) in [4.78, 5) is 30.0. The lowest BCUT2D eigenvalue weighted by Crippen LogP contribution is -2.26. The number of nitrogens with one attached hydrogen (secondary N) is 1. The zero-order valence-corrected chi connectivity index (χ0v) is 15.6. The fourth-order valence-electron chi connectivity index (χ4n) is 3.33. The second-order valence-electron chi connectivity index (χ2n) is 6.63. The molecule has 1 atom stereocenters. The minimum Gasteiger partial charge on any atom is -0.473 e. The molecule has 1 unspecified atom stereocenters.